The number of ether oxygens (including phenoxy) is 1. The number of halogens is 1. The zero-order valence-corrected chi connectivity index (χ0v) is 18.9. The maximum absolute atomic E-state index is 14.8. The van der Waals surface area contributed by atoms with Gasteiger partial charge in [-0.3, -0.25) is 14.7 Å². The molecule has 33 heavy (non-hydrogen) atoms. The Balaban J connectivity index is 1.54. The van der Waals surface area contributed by atoms with E-state index < -0.39 is 5.82 Å². The Morgan fingerprint density at radius 3 is 2.73 bits per heavy atom. The second-order valence-corrected chi connectivity index (χ2v) is 9.08. The predicted molar refractivity (Wildman–Crippen MR) is 125 cm³/mol. The molecule has 1 unspecified atom stereocenters. The van der Waals surface area contributed by atoms with Gasteiger partial charge in [0.1, 0.15) is 23.2 Å². The first-order valence-electron chi connectivity index (χ1n) is 10.9. The Bertz CT molecular complexity index is 1260. The Hall–Kier alpha value is -3.52. The average Bonchev–Trinajstić information content (AvgIpc) is 3.32. The summed E-state index contributed by atoms with van der Waals surface area (Å²) >= 11 is 0. The molecule has 2 aliphatic rings. The third-order valence-electron chi connectivity index (χ3n) is 6.33. The van der Waals surface area contributed by atoms with Crippen LogP contribution in [0.3, 0.4) is 0 Å². The molecule has 0 bridgehead atoms. The second kappa shape index (κ2) is 7.81. The van der Waals surface area contributed by atoms with E-state index in [4.69, 9.17) is 15.5 Å². The molecule has 8 heteroatoms. The summed E-state index contributed by atoms with van der Waals surface area (Å²) in [4.78, 5) is 26.4. The molecular formula is C25H26FN5O2. The summed E-state index contributed by atoms with van der Waals surface area (Å²) in [7, 11) is 1.49. The van der Waals surface area contributed by atoms with Gasteiger partial charge in [0.25, 0.3) is 5.91 Å². The van der Waals surface area contributed by atoms with Crippen LogP contribution in [0, 0.1) is 12.7 Å². The van der Waals surface area contributed by atoms with E-state index in [0.717, 1.165) is 24.3 Å². The van der Waals surface area contributed by atoms with Crippen molar-refractivity contribution in [3.05, 3.63) is 65.1 Å². The van der Waals surface area contributed by atoms with Gasteiger partial charge in [-0.25, -0.2) is 9.37 Å². The van der Waals surface area contributed by atoms with Crippen LogP contribution in [0.2, 0.25) is 0 Å². The van der Waals surface area contributed by atoms with Crippen LogP contribution in [0.25, 0.3) is 11.3 Å². The molecule has 0 saturated carbocycles. The van der Waals surface area contributed by atoms with E-state index in [1.807, 2.05) is 26.0 Å². The molecule has 0 spiro atoms. The maximum atomic E-state index is 14.8. The quantitative estimate of drug-likeness (QED) is 0.657. The summed E-state index contributed by atoms with van der Waals surface area (Å²) in [5.74, 6) is 1.10. The van der Waals surface area contributed by atoms with Crippen LogP contribution in [0.15, 0.2) is 42.6 Å². The summed E-state index contributed by atoms with van der Waals surface area (Å²) < 4.78 is 20.2. The fourth-order valence-corrected chi connectivity index (χ4v) is 4.64. The number of nitrogens with two attached hydrogens (primary N) is 1. The minimum Gasteiger partial charge on any atom is -0.496 e. The highest BCUT2D eigenvalue weighted by molar-refractivity contribution is 6.10. The van der Waals surface area contributed by atoms with Gasteiger partial charge in [-0.1, -0.05) is 6.07 Å². The van der Waals surface area contributed by atoms with E-state index in [1.165, 1.54) is 19.4 Å². The van der Waals surface area contributed by atoms with Gasteiger partial charge in [0.2, 0.25) is 0 Å². The van der Waals surface area contributed by atoms with E-state index in [9.17, 15) is 9.18 Å². The number of rotatable bonds is 4. The van der Waals surface area contributed by atoms with Gasteiger partial charge < -0.3 is 15.4 Å². The number of benzene rings is 1. The lowest BCUT2D eigenvalue weighted by Gasteiger charge is -2.23. The van der Waals surface area contributed by atoms with Crippen LogP contribution in [0.5, 0.6) is 5.75 Å². The molecule has 1 saturated heterocycles. The summed E-state index contributed by atoms with van der Waals surface area (Å²) in [6.07, 6.45) is 2.41. The zero-order valence-electron chi connectivity index (χ0n) is 18.9. The number of anilines is 2. The largest absolute Gasteiger partial charge is 0.496 e. The molecule has 1 aromatic carbocycles. The molecule has 2 aliphatic heterocycles. The molecule has 5 rings (SSSR count). The van der Waals surface area contributed by atoms with Crippen molar-refractivity contribution in [1.82, 2.24) is 9.97 Å². The SMILES string of the molecule is COc1cccc(F)c1-c1nccc2c1CN(c1cc(C)cc(N3CCC(C)(N)C3)n1)C2=O. The first kappa shape index (κ1) is 21.3. The van der Waals surface area contributed by atoms with E-state index in [0.29, 0.717) is 34.9 Å². The highest BCUT2D eigenvalue weighted by Gasteiger charge is 2.35. The van der Waals surface area contributed by atoms with Gasteiger partial charge in [0.05, 0.1) is 24.9 Å². The molecule has 1 fully saturated rings. The molecule has 170 valence electrons. The van der Waals surface area contributed by atoms with Crippen LogP contribution in [-0.2, 0) is 6.54 Å². The van der Waals surface area contributed by atoms with Gasteiger partial charge in [-0.05, 0) is 56.2 Å². The summed E-state index contributed by atoms with van der Waals surface area (Å²) in [6.45, 7) is 5.79. The van der Waals surface area contributed by atoms with Crippen molar-refractivity contribution in [2.75, 3.05) is 30.0 Å². The minimum atomic E-state index is -0.448. The number of nitrogens with zero attached hydrogens (tertiary/aromatic N) is 4. The van der Waals surface area contributed by atoms with Gasteiger partial charge >= 0.3 is 0 Å². The topological polar surface area (TPSA) is 84.6 Å². The fraction of sp³-hybridized carbons (Fsp3) is 0.320. The van der Waals surface area contributed by atoms with Crippen LogP contribution in [0.1, 0.15) is 34.8 Å². The Morgan fingerprint density at radius 2 is 2.00 bits per heavy atom. The van der Waals surface area contributed by atoms with Crippen LogP contribution < -0.4 is 20.3 Å². The lowest BCUT2D eigenvalue weighted by atomic mass is 10.0. The first-order chi connectivity index (χ1) is 15.8. The van der Waals surface area contributed by atoms with E-state index in [2.05, 4.69) is 9.88 Å². The highest BCUT2D eigenvalue weighted by Crippen LogP contribution is 2.39. The van der Waals surface area contributed by atoms with Crippen molar-refractivity contribution in [3.8, 4) is 17.0 Å². The lowest BCUT2D eigenvalue weighted by molar-refractivity contribution is 0.0996. The molecular weight excluding hydrogens is 421 g/mol. The molecule has 7 nitrogen and oxygen atoms in total. The molecule has 1 amide bonds. The third-order valence-corrected chi connectivity index (χ3v) is 6.33. The molecule has 2 aromatic heterocycles. The smallest absolute Gasteiger partial charge is 0.260 e. The fourth-order valence-electron chi connectivity index (χ4n) is 4.64. The molecule has 0 radical (unpaired) electrons. The van der Waals surface area contributed by atoms with E-state index in [-0.39, 0.29) is 23.6 Å². The molecule has 2 N–H and O–H groups in total. The first-order valence-corrected chi connectivity index (χ1v) is 10.9. The Morgan fingerprint density at radius 1 is 1.21 bits per heavy atom. The Labute approximate surface area is 192 Å². The number of hydrogen-bond donors (Lipinski definition) is 1. The number of fused-ring (bicyclic) bond motifs is 1. The minimum absolute atomic E-state index is 0.182. The van der Waals surface area contributed by atoms with Crippen LogP contribution >= 0.6 is 0 Å². The number of pyridine rings is 2. The van der Waals surface area contributed by atoms with Crippen LogP contribution in [-0.4, -0.2) is 41.6 Å². The molecule has 4 heterocycles. The van der Waals surface area contributed by atoms with Gasteiger partial charge in [0.15, 0.2) is 0 Å². The summed E-state index contributed by atoms with van der Waals surface area (Å²) in [5, 5.41) is 0. The second-order valence-electron chi connectivity index (χ2n) is 9.08. The van der Waals surface area contributed by atoms with Crippen molar-refractivity contribution in [2.24, 2.45) is 5.73 Å². The molecule has 1 atom stereocenters. The maximum Gasteiger partial charge on any atom is 0.260 e. The van der Waals surface area contributed by atoms with Gasteiger partial charge in [-0.15, -0.1) is 0 Å². The number of amides is 1. The number of aryl methyl sites for hydroxylation is 1. The van der Waals surface area contributed by atoms with Crippen molar-refractivity contribution < 1.29 is 13.9 Å². The number of carbonyl (C=O) groups excluding carboxylic acids is 1. The van der Waals surface area contributed by atoms with E-state index in [1.54, 1.807) is 23.1 Å². The normalized spacial score (nSPS) is 19.8. The van der Waals surface area contributed by atoms with Crippen molar-refractivity contribution in [3.63, 3.8) is 0 Å². The van der Waals surface area contributed by atoms with Gasteiger partial charge in [-0.2, -0.15) is 0 Å². The zero-order chi connectivity index (χ0) is 23.3. The number of hydrogen-bond acceptors (Lipinski definition) is 6. The highest BCUT2D eigenvalue weighted by atomic mass is 19.1. The van der Waals surface area contributed by atoms with Crippen LogP contribution in [0.4, 0.5) is 16.0 Å². The van der Waals surface area contributed by atoms with E-state index >= 15 is 0 Å². The Kier molecular flexibility index (Phi) is 5.05. The van der Waals surface area contributed by atoms with Crippen molar-refractivity contribution >= 4 is 17.5 Å². The molecule has 0 aliphatic carbocycles. The van der Waals surface area contributed by atoms with Crippen molar-refractivity contribution in [1.29, 1.82) is 0 Å². The van der Waals surface area contributed by atoms with Gasteiger partial charge in [0, 0.05) is 36.0 Å². The van der Waals surface area contributed by atoms with Crippen molar-refractivity contribution in [2.45, 2.75) is 32.4 Å². The summed E-state index contributed by atoms with van der Waals surface area (Å²) in [6, 6.07) is 10.2. The monoisotopic (exact) mass is 447 g/mol. The predicted octanol–water partition coefficient (Wildman–Crippen LogP) is 3.69. The number of methoxy groups -OCH3 is 1. The summed E-state index contributed by atoms with van der Waals surface area (Å²) in [5.41, 5.74) is 8.86. The molecule has 3 aromatic rings. The lowest BCUT2D eigenvalue weighted by Crippen LogP contribution is -2.39. The standard InChI is InChI=1S/C25H26FN5O2/c1-15-11-20(30-10-8-25(2,27)14-30)29-21(12-15)31-13-17-16(24(31)32)7-9-28-23(17)22-18(26)5-4-6-19(22)33-3/h4-7,9,11-12H,8,10,13-14,27H2,1-3H3. The number of aromatic nitrogens is 2. The third kappa shape index (κ3) is 3.70. The average molecular weight is 448 g/mol. The number of carbonyl (C=O) groups is 1.